The van der Waals surface area contributed by atoms with Gasteiger partial charge in [0.05, 0.1) is 37.3 Å². The van der Waals surface area contributed by atoms with E-state index in [1.54, 1.807) is 35.9 Å². The zero-order valence-corrected chi connectivity index (χ0v) is 17.3. The van der Waals surface area contributed by atoms with Crippen LogP contribution in [0, 0.1) is 0 Å². The molecule has 0 saturated carbocycles. The second kappa shape index (κ2) is 7.66. The van der Waals surface area contributed by atoms with Crippen molar-refractivity contribution in [3.05, 3.63) is 64.3 Å². The van der Waals surface area contributed by atoms with Crippen molar-refractivity contribution in [1.29, 1.82) is 0 Å². The maximum absolute atomic E-state index is 13.2. The van der Waals surface area contributed by atoms with Crippen LogP contribution in [0.15, 0.2) is 42.5 Å². The summed E-state index contributed by atoms with van der Waals surface area (Å²) in [5, 5.41) is 13.2. The Labute approximate surface area is 178 Å². The summed E-state index contributed by atoms with van der Waals surface area (Å²) in [5.74, 6) is -0.586. The molecule has 0 radical (unpaired) electrons. The first-order valence-electron chi connectivity index (χ1n) is 9.38. The van der Waals surface area contributed by atoms with Crippen LogP contribution in [0.2, 0.25) is 5.02 Å². The molecule has 0 bridgehead atoms. The highest BCUT2D eigenvalue weighted by Crippen LogP contribution is 2.35. The molecule has 1 saturated heterocycles. The second-order valence-corrected chi connectivity index (χ2v) is 7.78. The molecule has 1 aliphatic heterocycles. The van der Waals surface area contributed by atoms with Gasteiger partial charge in [-0.1, -0.05) is 35.9 Å². The molecule has 7 nitrogen and oxygen atoms in total. The van der Waals surface area contributed by atoms with Gasteiger partial charge in [0.2, 0.25) is 0 Å². The highest BCUT2D eigenvalue weighted by Gasteiger charge is 2.42. The molecule has 1 fully saturated rings. The van der Waals surface area contributed by atoms with E-state index in [4.69, 9.17) is 26.2 Å². The van der Waals surface area contributed by atoms with Gasteiger partial charge in [-0.25, -0.2) is 0 Å². The van der Waals surface area contributed by atoms with Crippen LogP contribution in [0.1, 0.15) is 21.6 Å². The lowest BCUT2D eigenvalue weighted by molar-refractivity contribution is -0.136. The number of aromatic nitrogens is 1. The third-order valence-corrected chi connectivity index (χ3v) is 5.88. The third kappa shape index (κ3) is 3.40. The first-order valence-corrected chi connectivity index (χ1v) is 9.76. The summed E-state index contributed by atoms with van der Waals surface area (Å²) in [4.78, 5) is 24.0. The van der Waals surface area contributed by atoms with Crippen molar-refractivity contribution in [2.24, 2.45) is 7.05 Å². The molecule has 0 aliphatic carbocycles. The van der Waals surface area contributed by atoms with Gasteiger partial charge in [-0.3, -0.25) is 9.59 Å². The van der Waals surface area contributed by atoms with Crippen molar-refractivity contribution < 1.29 is 24.2 Å². The summed E-state index contributed by atoms with van der Waals surface area (Å²) < 4.78 is 12.5. The summed E-state index contributed by atoms with van der Waals surface area (Å²) in [6.07, 6.45) is -0.0453. The van der Waals surface area contributed by atoms with Crippen molar-refractivity contribution in [2.45, 2.75) is 12.0 Å². The number of hydrogen-bond donors (Lipinski definition) is 2. The fraction of sp³-hybridized carbons (Fsp3) is 0.273. The fourth-order valence-corrected chi connectivity index (χ4v) is 4.04. The average molecular weight is 429 g/mol. The third-order valence-electron chi connectivity index (χ3n) is 5.49. The van der Waals surface area contributed by atoms with Crippen LogP contribution < -0.4 is 10.1 Å². The number of amides is 1. The summed E-state index contributed by atoms with van der Waals surface area (Å²) in [7, 11) is 3.36. The van der Waals surface area contributed by atoms with Gasteiger partial charge in [-0.2, -0.15) is 0 Å². The normalized spacial score (nSPS) is 14.9. The Hall–Kier alpha value is -3.03. The van der Waals surface area contributed by atoms with Crippen LogP contribution in [-0.4, -0.2) is 41.9 Å². The predicted octanol–water partition coefficient (Wildman–Crippen LogP) is 3.12. The van der Waals surface area contributed by atoms with E-state index in [1.165, 1.54) is 0 Å². The number of carbonyl (C=O) groups excluding carboxylic acids is 1. The molecule has 4 rings (SSSR count). The Morgan fingerprint density at radius 2 is 1.93 bits per heavy atom. The number of carboxylic acid groups (broad SMARTS) is 1. The number of carbonyl (C=O) groups is 2. The van der Waals surface area contributed by atoms with Gasteiger partial charge in [0, 0.05) is 12.4 Å². The van der Waals surface area contributed by atoms with E-state index in [2.05, 4.69) is 5.32 Å². The molecular formula is C22H21ClN2O5. The van der Waals surface area contributed by atoms with Crippen molar-refractivity contribution >= 4 is 34.4 Å². The average Bonchev–Trinajstić information content (AvgIpc) is 3.03. The molecule has 2 heterocycles. The number of halogens is 1. The smallest absolute Gasteiger partial charge is 0.307 e. The number of hydrogen-bond acceptors (Lipinski definition) is 4. The van der Waals surface area contributed by atoms with Crippen molar-refractivity contribution in [3.63, 3.8) is 0 Å². The zero-order chi connectivity index (χ0) is 21.5. The van der Waals surface area contributed by atoms with Crippen molar-refractivity contribution in [2.75, 3.05) is 20.3 Å². The number of nitrogens with zero attached hydrogens (tertiary/aromatic N) is 1. The molecule has 0 unspecified atom stereocenters. The molecule has 30 heavy (non-hydrogen) atoms. The number of carboxylic acids is 1. The van der Waals surface area contributed by atoms with E-state index in [9.17, 15) is 9.59 Å². The lowest BCUT2D eigenvalue weighted by atomic mass is 9.87. The number of nitrogens with one attached hydrogen (secondary N) is 1. The van der Waals surface area contributed by atoms with Gasteiger partial charge in [0.1, 0.15) is 17.0 Å². The summed E-state index contributed by atoms with van der Waals surface area (Å²) in [6.45, 7) is 0.686. The van der Waals surface area contributed by atoms with Crippen molar-refractivity contribution in [3.8, 4) is 5.75 Å². The number of aryl methyl sites for hydroxylation is 1. The number of rotatable bonds is 6. The van der Waals surface area contributed by atoms with E-state index in [1.807, 2.05) is 25.2 Å². The van der Waals surface area contributed by atoms with Crippen molar-refractivity contribution in [1.82, 2.24) is 9.88 Å². The minimum Gasteiger partial charge on any atom is -0.495 e. The predicted molar refractivity (Wildman–Crippen MR) is 112 cm³/mol. The van der Waals surface area contributed by atoms with Gasteiger partial charge < -0.3 is 24.5 Å². The van der Waals surface area contributed by atoms with E-state index >= 15 is 0 Å². The van der Waals surface area contributed by atoms with Gasteiger partial charge in [-0.15, -0.1) is 0 Å². The molecule has 3 aromatic rings. The second-order valence-electron chi connectivity index (χ2n) is 7.40. The molecule has 0 spiro atoms. The molecular weight excluding hydrogens is 408 g/mol. The van der Waals surface area contributed by atoms with E-state index in [0.29, 0.717) is 35.2 Å². The number of aliphatic carboxylic acids is 1. The first kappa shape index (κ1) is 20.3. The Morgan fingerprint density at radius 1 is 1.23 bits per heavy atom. The van der Waals surface area contributed by atoms with Crippen LogP contribution in [-0.2, 0) is 28.5 Å². The number of fused-ring (bicyclic) bond motifs is 1. The highest BCUT2D eigenvalue weighted by atomic mass is 35.5. The topological polar surface area (TPSA) is 89.8 Å². The highest BCUT2D eigenvalue weighted by molar-refractivity contribution is 6.37. The minimum atomic E-state index is -0.885. The monoisotopic (exact) mass is 428 g/mol. The maximum Gasteiger partial charge on any atom is 0.307 e. The zero-order valence-electron chi connectivity index (χ0n) is 16.6. The van der Waals surface area contributed by atoms with Gasteiger partial charge in [-0.05, 0) is 29.3 Å². The SMILES string of the molecule is COc1ccc2c(cc(C(=O)NC3(c4ccc(CC(=O)O)cc4)COC3)n2C)c1Cl. The summed E-state index contributed by atoms with van der Waals surface area (Å²) in [5.41, 5.74) is 2.20. The molecule has 2 N–H and O–H groups in total. The minimum absolute atomic E-state index is 0.0453. The molecule has 2 aromatic carbocycles. The van der Waals surface area contributed by atoms with Crippen LogP contribution in [0.25, 0.3) is 10.9 Å². The van der Waals surface area contributed by atoms with Crippen LogP contribution in [0.4, 0.5) is 0 Å². The van der Waals surface area contributed by atoms with Crippen LogP contribution in [0.5, 0.6) is 5.75 Å². The first-order chi connectivity index (χ1) is 14.3. The molecule has 1 amide bonds. The number of ether oxygens (including phenoxy) is 2. The molecule has 0 atom stereocenters. The lowest BCUT2D eigenvalue weighted by Crippen LogP contribution is -2.59. The number of methoxy groups -OCH3 is 1. The Bertz CT molecular complexity index is 1130. The summed E-state index contributed by atoms with van der Waals surface area (Å²) >= 11 is 6.42. The Morgan fingerprint density at radius 3 is 2.50 bits per heavy atom. The fourth-order valence-electron chi connectivity index (χ4n) is 3.75. The van der Waals surface area contributed by atoms with E-state index in [0.717, 1.165) is 16.5 Å². The van der Waals surface area contributed by atoms with E-state index in [-0.39, 0.29) is 12.3 Å². The Balaban J connectivity index is 1.63. The van der Waals surface area contributed by atoms with E-state index < -0.39 is 11.5 Å². The van der Waals surface area contributed by atoms with Gasteiger partial charge in [0.25, 0.3) is 5.91 Å². The van der Waals surface area contributed by atoms with Crippen LogP contribution in [0.3, 0.4) is 0 Å². The molecule has 1 aliphatic rings. The molecule has 156 valence electrons. The Kier molecular flexibility index (Phi) is 5.17. The van der Waals surface area contributed by atoms with Gasteiger partial charge in [0.15, 0.2) is 0 Å². The quantitative estimate of drug-likeness (QED) is 0.629. The number of benzene rings is 2. The van der Waals surface area contributed by atoms with Gasteiger partial charge >= 0.3 is 5.97 Å². The molecule has 8 heteroatoms. The molecule has 1 aromatic heterocycles. The van der Waals surface area contributed by atoms with Crippen LogP contribution >= 0.6 is 11.6 Å². The maximum atomic E-state index is 13.2. The summed E-state index contributed by atoms with van der Waals surface area (Å²) in [6, 6.07) is 12.6. The largest absolute Gasteiger partial charge is 0.495 e. The lowest BCUT2D eigenvalue weighted by Gasteiger charge is -2.42. The standard InChI is InChI=1S/C22H21ClN2O5/c1-25-16-7-8-18(29-2)20(23)15(16)10-17(25)21(28)24-22(11-30-12-22)14-5-3-13(4-6-14)9-19(26)27/h3-8,10H,9,11-12H2,1-2H3,(H,24,28)(H,26,27).